The molecular weight excluding hydrogens is 272 g/mol. The van der Waals surface area contributed by atoms with E-state index in [2.05, 4.69) is 42.0 Å². The minimum atomic E-state index is 0.526. The fourth-order valence-electron chi connectivity index (χ4n) is 2.67. The van der Waals surface area contributed by atoms with Gasteiger partial charge in [0.25, 0.3) is 0 Å². The van der Waals surface area contributed by atoms with Crippen LogP contribution < -0.4 is 0 Å². The number of aromatic nitrogens is 2. The Labute approximate surface area is 124 Å². The normalized spacial score (nSPS) is 14.2. The summed E-state index contributed by atoms with van der Waals surface area (Å²) in [5.41, 5.74) is 5.73. The van der Waals surface area contributed by atoms with Crippen LogP contribution in [0.3, 0.4) is 0 Å². The van der Waals surface area contributed by atoms with Crippen LogP contribution in [0.25, 0.3) is 0 Å². The molecule has 0 aliphatic carbocycles. The average molecular weight is 289 g/mol. The van der Waals surface area contributed by atoms with Crippen molar-refractivity contribution in [3.05, 3.63) is 57.1 Å². The van der Waals surface area contributed by atoms with Crippen LogP contribution >= 0.6 is 11.6 Å². The number of rotatable bonds is 2. The first-order valence-corrected chi connectivity index (χ1v) is 7.18. The molecule has 0 fully saturated rings. The van der Waals surface area contributed by atoms with Crippen molar-refractivity contribution in [3.8, 4) is 0 Å². The number of aryl methyl sites for hydroxylation is 2. The zero-order valence-corrected chi connectivity index (χ0v) is 12.5. The second-order valence-electron chi connectivity index (χ2n) is 5.33. The number of fused-ring (bicyclic) bond motifs is 1. The Hall–Kier alpha value is -1.45. The molecule has 1 aliphatic heterocycles. The molecule has 104 valence electrons. The summed E-state index contributed by atoms with van der Waals surface area (Å²) in [6.45, 7) is 5.45. The highest BCUT2D eigenvalue weighted by Gasteiger charge is 2.17. The number of nitrogens with zero attached hydrogens (tertiary/aromatic N) is 2. The van der Waals surface area contributed by atoms with Crippen LogP contribution in [0.15, 0.2) is 18.2 Å². The van der Waals surface area contributed by atoms with E-state index >= 15 is 0 Å². The van der Waals surface area contributed by atoms with E-state index in [0.717, 1.165) is 29.9 Å². The molecule has 0 amide bonds. The van der Waals surface area contributed by atoms with E-state index in [-0.39, 0.29) is 0 Å². The number of ether oxygens (including phenoxy) is 1. The average Bonchev–Trinajstić information content (AvgIpc) is 2.37. The quantitative estimate of drug-likeness (QED) is 0.794. The molecule has 0 saturated heterocycles. The molecule has 0 N–H and O–H groups in total. The van der Waals surface area contributed by atoms with Gasteiger partial charge in [0.05, 0.1) is 18.9 Å². The highest BCUT2D eigenvalue weighted by Crippen LogP contribution is 2.23. The molecule has 2 aromatic rings. The maximum atomic E-state index is 6.24. The van der Waals surface area contributed by atoms with Gasteiger partial charge in [-0.3, -0.25) is 0 Å². The largest absolute Gasteiger partial charge is 0.376 e. The Kier molecular flexibility index (Phi) is 3.72. The van der Waals surface area contributed by atoms with Crippen molar-refractivity contribution in [2.24, 2.45) is 0 Å². The van der Waals surface area contributed by atoms with Gasteiger partial charge in [-0.2, -0.15) is 0 Å². The minimum absolute atomic E-state index is 0.526. The lowest BCUT2D eigenvalue weighted by atomic mass is 10.0. The Morgan fingerprint density at radius 2 is 1.90 bits per heavy atom. The van der Waals surface area contributed by atoms with Gasteiger partial charge in [-0.1, -0.05) is 40.9 Å². The van der Waals surface area contributed by atoms with Gasteiger partial charge in [0.1, 0.15) is 11.0 Å². The van der Waals surface area contributed by atoms with E-state index in [1.165, 1.54) is 16.7 Å². The summed E-state index contributed by atoms with van der Waals surface area (Å²) >= 11 is 6.24. The van der Waals surface area contributed by atoms with Crippen LogP contribution in [0, 0.1) is 13.8 Å². The van der Waals surface area contributed by atoms with Crippen molar-refractivity contribution < 1.29 is 4.74 Å². The number of benzene rings is 1. The topological polar surface area (TPSA) is 35.0 Å². The lowest BCUT2D eigenvalue weighted by Gasteiger charge is -2.17. The Morgan fingerprint density at radius 3 is 2.65 bits per heavy atom. The summed E-state index contributed by atoms with van der Waals surface area (Å²) in [6.07, 6.45) is 1.54. The molecule has 4 heteroatoms. The molecule has 20 heavy (non-hydrogen) atoms. The molecular formula is C16H17ClN2O. The summed E-state index contributed by atoms with van der Waals surface area (Å²) in [6, 6.07) is 6.52. The lowest BCUT2D eigenvalue weighted by Crippen LogP contribution is -2.15. The fraction of sp³-hybridized carbons (Fsp3) is 0.375. The molecule has 3 nitrogen and oxygen atoms in total. The molecule has 0 bridgehead atoms. The fourth-order valence-corrected chi connectivity index (χ4v) is 2.93. The van der Waals surface area contributed by atoms with Crippen molar-refractivity contribution in [2.75, 3.05) is 6.61 Å². The zero-order chi connectivity index (χ0) is 14.1. The maximum absolute atomic E-state index is 6.24. The lowest BCUT2D eigenvalue weighted by molar-refractivity contribution is 0.109. The van der Waals surface area contributed by atoms with Gasteiger partial charge >= 0.3 is 0 Å². The van der Waals surface area contributed by atoms with E-state index in [1.807, 2.05) is 0 Å². The first-order chi connectivity index (χ1) is 9.61. The third kappa shape index (κ3) is 2.84. The summed E-state index contributed by atoms with van der Waals surface area (Å²) in [5, 5.41) is 0.536. The monoisotopic (exact) mass is 288 g/mol. The Balaban J connectivity index is 1.92. The van der Waals surface area contributed by atoms with Gasteiger partial charge in [0, 0.05) is 18.4 Å². The molecule has 1 aliphatic rings. The number of halogens is 1. The Bertz CT molecular complexity index is 635. The van der Waals surface area contributed by atoms with Gasteiger partial charge in [0.15, 0.2) is 0 Å². The van der Waals surface area contributed by atoms with E-state index in [1.54, 1.807) is 0 Å². The third-order valence-electron chi connectivity index (χ3n) is 3.46. The van der Waals surface area contributed by atoms with E-state index in [0.29, 0.717) is 18.4 Å². The van der Waals surface area contributed by atoms with Gasteiger partial charge in [0.2, 0.25) is 0 Å². The van der Waals surface area contributed by atoms with Gasteiger partial charge in [-0.15, -0.1) is 0 Å². The third-order valence-corrected chi connectivity index (χ3v) is 3.77. The first kappa shape index (κ1) is 13.5. The summed E-state index contributed by atoms with van der Waals surface area (Å²) in [7, 11) is 0. The van der Waals surface area contributed by atoms with Gasteiger partial charge < -0.3 is 4.74 Å². The molecule has 1 aromatic carbocycles. The van der Waals surface area contributed by atoms with Crippen molar-refractivity contribution >= 4 is 11.6 Å². The zero-order valence-electron chi connectivity index (χ0n) is 11.7. The SMILES string of the molecule is Cc1cc(C)cc(Cc2nc(Cl)c3c(n2)CCOC3)c1. The molecule has 2 heterocycles. The molecule has 0 spiro atoms. The predicted molar refractivity (Wildman–Crippen MR) is 79.1 cm³/mol. The van der Waals surface area contributed by atoms with Crippen molar-refractivity contribution in [2.45, 2.75) is 33.3 Å². The van der Waals surface area contributed by atoms with Crippen LogP contribution in [0.5, 0.6) is 0 Å². The van der Waals surface area contributed by atoms with Gasteiger partial charge in [-0.05, 0) is 19.4 Å². The summed E-state index contributed by atoms with van der Waals surface area (Å²) < 4.78 is 5.40. The van der Waals surface area contributed by atoms with Crippen molar-refractivity contribution in [1.29, 1.82) is 0 Å². The van der Waals surface area contributed by atoms with Crippen molar-refractivity contribution in [3.63, 3.8) is 0 Å². The van der Waals surface area contributed by atoms with E-state index in [9.17, 15) is 0 Å². The Morgan fingerprint density at radius 1 is 1.15 bits per heavy atom. The summed E-state index contributed by atoms with van der Waals surface area (Å²) in [4.78, 5) is 9.07. The highest BCUT2D eigenvalue weighted by atomic mass is 35.5. The molecule has 0 saturated carbocycles. The minimum Gasteiger partial charge on any atom is -0.376 e. The molecule has 0 radical (unpaired) electrons. The molecule has 0 unspecified atom stereocenters. The first-order valence-electron chi connectivity index (χ1n) is 6.81. The van der Waals surface area contributed by atoms with Crippen LogP contribution in [0.1, 0.15) is 33.8 Å². The van der Waals surface area contributed by atoms with Gasteiger partial charge in [-0.25, -0.2) is 9.97 Å². The van der Waals surface area contributed by atoms with Crippen LogP contribution in [-0.4, -0.2) is 16.6 Å². The number of hydrogen-bond acceptors (Lipinski definition) is 3. The smallest absolute Gasteiger partial charge is 0.138 e. The van der Waals surface area contributed by atoms with Crippen LogP contribution in [0.4, 0.5) is 0 Å². The van der Waals surface area contributed by atoms with Crippen molar-refractivity contribution in [1.82, 2.24) is 9.97 Å². The van der Waals surface area contributed by atoms with Crippen LogP contribution in [-0.2, 0) is 24.2 Å². The molecule has 0 atom stereocenters. The second-order valence-corrected chi connectivity index (χ2v) is 5.69. The highest BCUT2D eigenvalue weighted by molar-refractivity contribution is 6.30. The van der Waals surface area contributed by atoms with Crippen LogP contribution in [0.2, 0.25) is 5.15 Å². The second kappa shape index (κ2) is 5.51. The summed E-state index contributed by atoms with van der Waals surface area (Å²) in [5.74, 6) is 0.792. The predicted octanol–water partition coefficient (Wildman–Crippen LogP) is 3.41. The standard InChI is InChI=1S/C16H17ClN2O/c1-10-5-11(2)7-12(6-10)8-15-18-14-3-4-20-9-13(14)16(17)19-15/h5-7H,3-4,8-9H2,1-2H3. The molecule has 1 aromatic heterocycles. The van der Waals surface area contributed by atoms with E-state index in [4.69, 9.17) is 16.3 Å². The maximum Gasteiger partial charge on any atom is 0.138 e. The van der Waals surface area contributed by atoms with E-state index < -0.39 is 0 Å². The number of hydrogen-bond donors (Lipinski definition) is 0. The molecule has 3 rings (SSSR count).